The van der Waals surface area contributed by atoms with Crippen molar-refractivity contribution in [3.8, 4) is 11.3 Å². The van der Waals surface area contributed by atoms with Crippen molar-refractivity contribution in [2.45, 2.75) is 33.2 Å². The molecule has 0 unspecified atom stereocenters. The molecule has 0 atom stereocenters. The molecule has 0 aliphatic heterocycles. The average Bonchev–Trinajstić information content (AvgIpc) is 3.54. The average molecular weight is 531 g/mol. The summed E-state index contributed by atoms with van der Waals surface area (Å²) in [6, 6.07) is 23.4. The van der Waals surface area contributed by atoms with Crippen LogP contribution in [0.3, 0.4) is 0 Å². The minimum Gasteiger partial charge on any atom is -0.356 e. The van der Waals surface area contributed by atoms with Crippen molar-refractivity contribution in [1.29, 1.82) is 0 Å². The quantitative estimate of drug-likeness (QED) is 0.224. The number of carbonyl (C=O) groups is 2. The Kier molecular flexibility index (Phi) is 6.51. The molecule has 3 aromatic heterocycles. The van der Waals surface area contributed by atoms with E-state index < -0.39 is 0 Å². The van der Waals surface area contributed by atoms with Gasteiger partial charge in [0, 0.05) is 35.8 Å². The first kappa shape index (κ1) is 25.3. The molecule has 40 heavy (non-hydrogen) atoms. The van der Waals surface area contributed by atoms with Gasteiger partial charge in [-0.1, -0.05) is 62.4 Å². The highest BCUT2D eigenvalue weighted by atomic mass is 16.1. The summed E-state index contributed by atoms with van der Waals surface area (Å²) >= 11 is 0. The summed E-state index contributed by atoms with van der Waals surface area (Å²) in [6.45, 7) is 4.80. The van der Waals surface area contributed by atoms with Crippen molar-refractivity contribution >= 4 is 28.9 Å². The van der Waals surface area contributed by atoms with Gasteiger partial charge < -0.3 is 15.6 Å². The van der Waals surface area contributed by atoms with Gasteiger partial charge in [-0.25, -0.2) is 4.98 Å². The van der Waals surface area contributed by atoms with Gasteiger partial charge in [0.1, 0.15) is 5.82 Å². The van der Waals surface area contributed by atoms with Gasteiger partial charge in [-0.3, -0.25) is 14.3 Å². The number of carbonyl (C=O) groups excluding carboxylic acids is 2. The number of anilines is 3. The van der Waals surface area contributed by atoms with Crippen LogP contribution >= 0.6 is 0 Å². The molecule has 0 saturated carbocycles. The van der Waals surface area contributed by atoms with Crippen molar-refractivity contribution in [1.82, 2.24) is 19.7 Å². The lowest BCUT2D eigenvalue weighted by Gasteiger charge is -2.28. The first-order chi connectivity index (χ1) is 19.3. The number of ketones is 1. The predicted octanol–water partition coefficient (Wildman–Crippen LogP) is 6.47. The van der Waals surface area contributed by atoms with Crippen LogP contribution in [0.25, 0.3) is 11.3 Å². The van der Waals surface area contributed by atoms with Gasteiger partial charge in [-0.05, 0) is 41.7 Å². The van der Waals surface area contributed by atoms with Crippen LogP contribution in [-0.4, -0.2) is 31.4 Å². The molecule has 0 bridgehead atoms. The number of pyridine rings is 1. The molecule has 1 amide bonds. The first-order valence-corrected chi connectivity index (χ1v) is 13.3. The standard InChI is InChI=1S/C32H30N6O2/c1-32(2)16-25-28(26(39)17-32)30(35-24-11-7-4-8-12-24)29(36-25)22-13-14-33-27(15-22)37-31(40)23-18-34-38(20-23)19-21-9-5-3-6-10-21/h3-15,18,20,35-36H,16-17,19H2,1-2H3,(H,33,37,40). The molecule has 2 aromatic carbocycles. The van der Waals surface area contributed by atoms with Crippen LogP contribution in [0.1, 0.15) is 52.2 Å². The summed E-state index contributed by atoms with van der Waals surface area (Å²) in [6.07, 6.45) is 6.17. The Morgan fingerprint density at radius 3 is 2.55 bits per heavy atom. The first-order valence-electron chi connectivity index (χ1n) is 13.3. The van der Waals surface area contributed by atoms with Crippen LogP contribution in [0.15, 0.2) is 91.4 Å². The smallest absolute Gasteiger partial charge is 0.260 e. The molecule has 0 spiro atoms. The van der Waals surface area contributed by atoms with E-state index in [0.717, 1.165) is 40.3 Å². The topological polar surface area (TPSA) is 105 Å². The molecule has 3 heterocycles. The SMILES string of the molecule is CC1(C)CC(=O)c2c([nH]c(-c3ccnc(NC(=O)c4cnn(Cc5ccccc5)c4)c3)c2Nc2ccccc2)C1. The van der Waals surface area contributed by atoms with E-state index in [4.69, 9.17) is 0 Å². The summed E-state index contributed by atoms with van der Waals surface area (Å²) < 4.78 is 1.73. The van der Waals surface area contributed by atoms with E-state index >= 15 is 0 Å². The third kappa shape index (κ3) is 5.29. The highest BCUT2D eigenvalue weighted by molar-refractivity contribution is 6.08. The minimum atomic E-state index is -0.297. The molecule has 8 nitrogen and oxygen atoms in total. The molecule has 0 fully saturated rings. The van der Waals surface area contributed by atoms with Gasteiger partial charge >= 0.3 is 0 Å². The fourth-order valence-corrected chi connectivity index (χ4v) is 5.24. The van der Waals surface area contributed by atoms with Crippen LogP contribution in [0, 0.1) is 5.41 Å². The summed E-state index contributed by atoms with van der Waals surface area (Å²) in [4.78, 5) is 34.3. The maximum Gasteiger partial charge on any atom is 0.260 e. The number of aromatic nitrogens is 4. The molecule has 1 aliphatic carbocycles. The van der Waals surface area contributed by atoms with E-state index in [0.29, 0.717) is 29.9 Å². The fourth-order valence-electron chi connectivity index (χ4n) is 5.24. The second-order valence-electron chi connectivity index (χ2n) is 11.0. The van der Waals surface area contributed by atoms with Crippen LogP contribution in [0.2, 0.25) is 0 Å². The molecule has 0 radical (unpaired) electrons. The van der Waals surface area contributed by atoms with Gasteiger partial charge in [0.2, 0.25) is 0 Å². The normalized spacial score (nSPS) is 14.0. The summed E-state index contributed by atoms with van der Waals surface area (Å²) in [7, 11) is 0. The number of nitrogens with zero attached hydrogens (tertiary/aromatic N) is 3. The van der Waals surface area contributed by atoms with Crippen LogP contribution in [0.4, 0.5) is 17.2 Å². The van der Waals surface area contributed by atoms with Gasteiger partial charge in [0.25, 0.3) is 5.91 Å². The summed E-state index contributed by atoms with van der Waals surface area (Å²) in [5.74, 6) is 0.222. The molecule has 0 saturated heterocycles. The lowest BCUT2D eigenvalue weighted by Crippen LogP contribution is -2.26. The largest absolute Gasteiger partial charge is 0.356 e. The molecule has 6 rings (SSSR count). The molecule has 200 valence electrons. The van der Waals surface area contributed by atoms with Gasteiger partial charge in [-0.2, -0.15) is 5.10 Å². The molecule has 5 aromatic rings. The minimum absolute atomic E-state index is 0.113. The zero-order chi connectivity index (χ0) is 27.7. The number of hydrogen-bond acceptors (Lipinski definition) is 5. The summed E-state index contributed by atoms with van der Waals surface area (Å²) in [5, 5.41) is 10.7. The van der Waals surface area contributed by atoms with Crippen molar-refractivity contribution in [3.05, 3.63) is 114 Å². The van der Waals surface area contributed by atoms with Crippen molar-refractivity contribution in [2.24, 2.45) is 5.41 Å². The zero-order valence-corrected chi connectivity index (χ0v) is 22.4. The number of benzene rings is 2. The number of nitrogens with one attached hydrogen (secondary N) is 3. The number of hydrogen-bond donors (Lipinski definition) is 3. The second-order valence-corrected chi connectivity index (χ2v) is 11.0. The maximum atomic E-state index is 13.3. The monoisotopic (exact) mass is 530 g/mol. The van der Waals surface area contributed by atoms with Gasteiger partial charge in [0.15, 0.2) is 5.78 Å². The Balaban J connectivity index is 1.28. The number of para-hydroxylation sites is 1. The van der Waals surface area contributed by atoms with Crippen molar-refractivity contribution in [2.75, 3.05) is 10.6 Å². The fraction of sp³-hybridized carbons (Fsp3) is 0.188. The van der Waals surface area contributed by atoms with Gasteiger partial charge in [-0.15, -0.1) is 0 Å². The third-order valence-electron chi connectivity index (χ3n) is 7.07. The number of Topliss-reactive ketones (excluding diaryl/α,β-unsaturated/α-hetero) is 1. The van der Waals surface area contributed by atoms with Crippen LogP contribution in [-0.2, 0) is 13.0 Å². The van der Waals surface area contributed by atoms with Crippen molar-refractivity contribution < 1.29 is 9.59 Å². The highest BCUT2D eigenvalue weighted by Crippen LogP contribution is 2.43. The number of rotatable bonds is 7. The number of H-pyrrole nitrogens is 1. The second kappa shape index (κ2) is 10.3. The predicted molar refractivity (Wildman–Crippen MR) is 156 cm³/mol. The van der Waals surface area contributed by atoms with E-state index in [2.05, 4.69) is 39.5 Å². The van der Waals surface area contributed by atoms with E-state index in [-0.39, 0.29) is 17.1 Å². The Morgan fingerprint density at radius 1 is 1.02 bits per heavy atom. The lowest BCUT2D eigenvalue weighted by atomic mass is 9.76. The van der Waals surface area contributed by atoms with Gasteiger partial charge in [0.05, 0.1) is 35.2 Å². The molecule has 8 heteroatoms. The van der Waals surface area contributed by atoms with E-state index in [9.17, 15) is 9.59 Å². The van der Waals surface area contributed by atoms with E-state index in [1.807, 2.05) is 72.8 Å². The number of amides is 1. The van der Waals surface area contributed by atoms with E-state index in [1.165, 1.54) is 0 Å². The number of fused-ring (bicyclic) bond motifs is 1. The van der Waals surface area contributed by atoms with Crippen molar-refractivity contribution in [3.63, 3.8) is 0 Å². The Hall–Kier alpha value is -4.98. The molecular formula is C32H30N6O2. The maximum absolute atomic E-state index is 13.3. The van der Waals surface area contributed by atoms with Crippen LogP contribution in [0.5, 0.6) is 0 Å². The molecular weight excluding hydrogens is 500 g/mol. The lowest BCUT2D eigenvalue weighted by molar-refractivity contribution is 0.0912. The Morgan fingerprint density at radius 2 is 1.77 bits per heavy atom. The Bertz CT molecular complexity index is 1690. The van der Waals surface area contributed by atoms with Crippen LogP contribution < -0.4 is 10.6 Å². The zero-order valence-electron chi connectivity index (χ0n) is 22.4. The Labute approximate surface area is 232 Å². The molecule has 1 aliphatic rings. The highest BCUT2D eigenvalue weighted by Gasteiger charge is 2.35. The molecule has 3 N–H and O–H groups in total. The number of aromatic amines is 1. The summed E-state index contributed by atoms with van der Waals surface area (Å²) in [5.41, 5.74) is 6.26. The third-order valence-corrected chi connectivity index (χ3v) is 7.07. The van der Waals surface area contributed by atoms with E-state index in [1.54, 1.807) is 23.3 Å².